The van der Waals surface area contributed by atoms with Gasteiger partial charge in [-0.15, -0.1) is 0 Å². The van der Waals surface area contributed by atoms with Crippen molar-refractivity contribution in [3.8, 4) is 11.5 Å². The molecule has 2 amide bonds. The number of carbonyl (C=O) groups excluding carboxylic acids is 3. The highest BCUT2D eigenvalue weighted by Gasteiger charge is 2.14. The Balaban J connectivity index is 1.67. The van der Waals surface area contributed by atoms with Crippen LogP contribution in [0.15, 0.2) is 66.7 Å². The summed E-state index contributed by atoms with van der Waals surface area (Å²) in [5.41, 5.74) is 1.85. The minimum atomic E-state index is -0.564. The zero-order chi connectivity index (χ0) is 24.5. The monoisotopic (exact) mass is 482 g/mol. The first kappa shape index (κ1) is 24.6. The number of methoxy groups -OCH3 is 2. The highest BCUT2D eigenvalue weighted by atomic mass is 35.5. The Morgan fingerprint density at radius 1 is 0.853 bits per heavy atom. The van der Waals surface area contributed by atoms with Gasteiger partial charge < -0.3 is 24.8 Å². The van der Waals surface area contributed by atoms with Crippen LogP contribution in [0, 0.1) is 0 Å². The fraction of sp³-hybridized carbons (Fsp3) is 0.160. The molecule has 0 spiro atoms. The summed E-state index contributed by atoms with van der Waals surface area (Å²) < 4.78 is 15.7. The molecule has 0 radical (unpaired) electrons. The third kappa shape index (κ3) is 6.49. The molecule has 0 heterocycles. The van der Waals surface area contributed by atoms with Crippen molar-refractivity contribution in [2.45, 2.75) is 6.61 Å². The van der Waals surface area contributed by atoms with Gasteiger partial charge in [0.2, 0.25) is 0 Å². The van der Waals surface area contributed by atoms with Crippen molar-refractivity contribution in [2.75, 3.05) is 26.1 Å². The molecule has 8 nitrogen and oxygen atoms in total. The van der Waals surface area contributed by atoms with Gasteiger partial charge in [-0.3, -0.25) is 14.4 Å². The second-order valence-electron chi connectivity index (χ2n) is 7.04. The first-order valence-electron chi connectivity index (χ1n) is 10.2. The maximum Gasteiger partial charge on any atom is 0.325 e. The fourth-order valence-corrected chi connectivity index (χ4v) is 3.16. The van der Waals surface area contributed by atoms with E-state index in [1.165, 1.54) is 20.3 Å². The Hall–Kier alpha value is -4.04. The molecule has 0 aliphatic rings. The Morgan fingerprint density at radius 3 is 2.35 bits per heavy atom. The molecule has 0 bridgehead atoms. The molecule has 34 heavy (non-hydrogen) atoms. The van der Waals surface area contributed by atoms with Crippen LogP contribution < -0.4 is 20.1 Å². The van der Waals surface area contributed by atoms with Crippen molar-refractivity contribution in [3.05, 3.63) is 88.4 Å². The van der Waals surface area contributed by atoms with Crippen LogP contribution in [-0.2, 0) is 16.1 Å². The van der Waals surface area contributed by atoms with Crippen LogP contribution >= 0.6 is 11.6 Å². The first-order valence-corrected chi connectivity index (χ1v) is 10.6. The molecule has 0 atom stereocenters. The summed E-state index contributed by atoms with van der Waals surface area (Å²) in [6, 6.07) is 18.5. The molecule has 0 unspecified atom stereocenters. The first-order chi connectivity index (χ1) is 16.4. The Morgan fingerprint density at radius 2 is 1.62 bits per heavy atom. The van der Waals surface area contributed by atoms with Crippen molar-refractivity contribution in [2.24, 2.45) is 0 Å². The maximum absolute atomic E-state index is 12.8. The summed E-state index contributed by atoms with van der Waals surface area (Å²) in [4.78, 5) is 36.2. The Bertz CT molecular complexity index is 1200. The molecule has 0 aliphatic carbocycles. The van der Waals surface area contributed by atoms with Crippen molar-refractivity contribution in [1.29, 1.82) is 0 Å². The van der Waals surface area contributed by atoms with Crippen LogP contribution in [0.4, 0.5) is 5.69 Å². The van der Waals surface area contributed by atoms with E-state index in [-0.39, 0.29) is 18.7 Å². The van der Waals surface area contributed by atoms with Crippen LogP contribution in [0.5, 0.6) is 11.5 Å². The van der Waals surface area contributed by atoms with Gasteiger partial charge in [-0.1, -0.05) is 35.9 Å². The number of nitrogens with one attached hydrogen (secondary N) is 2. The Kier molecular flexibility index (Phi) is 8.48. The fourth-order valence-electron chi connectivity index (χ4n) is 2.97. The van der Waals surface area contributed by atoms with Gasteiger partial charge in [0, 0.05) is 27.4 Å². The van der Waals surface area contributed by atoms with Gasteiger partial charge in [0.1, 0.15) is 13.2 Å². The van der Waals surface area contributed by atoms with Gasteiger partial charge in [-0.05, 0) is 42.5 Å². The number of rotatable bonds is 9. The molecule has 0 fully saturated rings. The van der Waals surface area contributed by atoms with Gasteiger partial charge in [0.05, 0.1) is 14.2 Å². The largest absolute Gasteiger partial charge is 0.493 e. The normalized spacial score (nSPS) is 10.2. The van der Waals surface area contributed by atoms with Crippen molar-refractivity contribution < 1.29 is 28.6 Å². The molecule has 2 N–H and O–H groups in total. The molecule has 0 saturated carbocycles. The van der Waals surface area contributed by atoms with E-state index >= 15 is 0 Å². The van der Waals surface area contributed by atoms with E-state index in [4.69, 9.17) is 21.1 Å². The van der Waals surface area contributed by atoms with Crippen LogP contribution in [0.25, 0.3) is 0 Å². The van der Waals surface area contributed by atoms with E-state index in [9.17, 15) is 14.4 Å². The van der Waals surface area contributed by atoms with E-state index in [0.717, 1.165) is 5.56 Å². The zero-order valence-electron chi connectivity index (χ0n) is 18.6. The molecule has 9 heteroatoms. The van der Waals surface area contributed by atoms with Gasteiger partial charge in [0.15, 0.2) is 11.5 Å². The number of halogens is 1. The molecule has 3 aromatic carbocycles. The number of esters is 1. The minimum absolute atomic E-state index is 0.242. The third-order valence-electron chi connectivity index (χ3n) is 4.77. The predicted octanol–water partition coefficient (Wildman–Crippen LogP) is 4.08. The average Bonchev–Trinajstić information content (AvgIpc) is 2.86. The third-order valence-corrected chi connectivity index (χ3v) is 5.14. The second kappa shape index (κ2) is 11.7. The van der Waals surface area contributed by atoms with Gasteiger partial charge in [-0.2, -0.15) is 0 Å². The van der Waals surface area contributed by atoms with Crippen LogP contribution in [0.3, 0.4) is 0 Å². The summed E-state index contributed by atoms with van der Waals surface area (Å²) in [6.45, 7) is -0.0109. The van der Waals surface area contributed by atoms with Crippen molar-refractivity contribution >= 4 is 35.1 Å². The molecule has 0 aromatic heterocycles. The van der Waals surface area contributed by atoms with E-state index in [0.29, 0.717) is 27.8 Å². The summed E-state index contributed by atoms with van der Waals surface area (Å²) >= 11 is 6.17. The quantitative estimate of drug-likeness (QED) is 0.445. The number of hydrogen-bond acceptors (Lipinski definition) is 6. The lowest BCUT2D eigenvalue weighted by Crippen LogP contribution is -2.30. The van der Waals surface area contributed by atoms with Gasteiger partial charge in [0.25, 0.3) is 11.8 Å². The minimum Gasteiger partial charge on any atom is -0.493 e. The maximum atomic E-state index is 12.8. The summed E-state index contributed by atoms with van der Waals surface area (Å²) in [5.74, 6) is -0.587. The van der Waals surface area contributed by atoms with Crippen molar-refractivity contribution in [1.82, 2.24) is 5.32 Å². The summed E-state index contributed by atoms with van der Waals surface area (Å²) in [5, 5.41) is 5.78. The lowest BCUT2D eigenvalue weighted by atomic mass is 10.1. The van der Waals surface area contributed by atoms with Crippen LogP contribution in [-0.4, -0.2) is 38.5 Å². The SMILES string of the molecule is COC(=O)CNC(=O)c1cccc(NC(=O)c2ccc(OCc3ccccc3Cl)c(OC)c2)c1. The predicted molar refractivity (Wildman–Crippen MR) is 128 cm³/mol. The van der Waals surface area contributed by atoms with Crippen molar-refractivity contribution in [3.63, 3.8) is 0 Å². The van der Waals surface area contributed by atoms with E-state index in [1.807, 2.05) is 18.2 Å². The highest BCUT2D eigenvalue weighted by molar-refractivity contribution is 6.31. The molecule has 0 aliphatic heterocycles. The number of carbonyl (C=O) groups is 3. The Labute approximate surface area is 201 Å². The molecular formula is C25H23ClN2O6. The second-order valence-corrected chi connectivity index (χ2v) is 7.45. The zero-order valence-corrected chi connectivity index (χ0v) is 19.3. The van der Waals surface area contributed by atoms with Crippen LogP contribution in [0.1, 0.15) is 26.3 Å². The van der Waals surface area contributed by atoms with E-state index < -0.39 is 17.8 Å². The van der Waals surface area contributed by atoms with Gasteiger partial charge >= 0.3 is 5.97 Å². The molecular weight excluding hydrogens is 460 g/mol. The van der Waals surface area contributed by atoms with E-state index in [2.05, 4.69) is 15.4 Å². The highest BCUT2D eigenvalue weighted by Crippen LogP contribution is 2.30. The van der Waals surface area contributed by atoms with Crippen LogP contribution in [0.2, 0.25) is 5.02 Å². The number of anilines is 1. The number of ether oxygens (including phenoxy) is 3. The summed E-state index contributed by atoms with van der Waals surface area (Å²) in [6.07, 6.45) is 0. The van der Waals surface area contributed by atoms with Gasteiger partial charge in [-0.25, -0.2) is 0 Å². The summed E-state index contributed by atoms with van der Waals surface area (Å²) in [7, 11) is 2.72. The molecule has 3 rings (SSSR count). The standard InChI is InChI=1S/C25H23ClN2O6/c1-32-22-13-17(10-11-21(22)34-15-18-6-3-4-9-20(18)26)25(31)28-19-8-5-7-16(12-19)24(30)27-14-23(29)33-2/h3-13H,14-15H2,1-2H3,(H,27,30)(H,28,31). The smallest absolute Gasteiger partial charge is 0.325 e. The number of amides is 2. The lowest BCUT2D eigenvalue weighted by Gasteiger charge is -2.13. The average molecular weight is 483 g/mol. The molecule has 176 valence electrons. The molecule has 0 saturated heterocycles. The topological polar surface area (TPSA) is 103 Å². The lowest BCUT2D eigenvalue weighted by molar-refractivity contribution is -0.139. The van der Waals surface area contributed by atoms with E-state index in [1.54, 1.807) is 42.5 Å². The number of hydrogen-bond donors (Lipinski definition) is 2. The molecule has 3 aromatic rings. The number of benzene rings is 3.